The summed E-state index contributed by atoms with van der Waals surface area (Å²) < 4.78 is 4.25. The van der Waals surface area contributed by atoms with Gasteiger partial charge in [-0.05, 0) is 20.8 Å². The summed E-state index contributed by atoms with van der Waals surface area (Å²) in [5.74, 6) is -0.692. The fourth-order valence-corrected chi connectivity index (χ4v) is 1.64. The molecule has 0 bridgehead atoms. The molecule has 3 heterocycles. The molecule has 0 unspecified atom stereocenters. The Kier molecular flexibility index (Phi) is 8.39. The lowest BCUT2D eigenvalue weighted by Crippen LogP contribution is -2.25. The summed E-state index contributed by atoms with van der Waals surface area (Å²) in [6, 6.07) is -0.190. The van der Waals surface area contributed by atoms with Gasteiger partial charge in [-0.1, -0.05) is 20.8 Å². The van der Waals surface area contributed by atoms with Gasteiger partial charge in [-0.3, -0.25) is 23.3 Å². The maximum Gasteiger partial charge on any atom is 0.338 e. The van der Waals surface area contributed by atoms with Crippen molar-refractivity contribution in [2.45, 2.75) is 41.5 Å². The highest BCUT2D eigenvalue weighted by Gasteiger charge is 2.22. The molecule has 0 fully saturated rings. The van der Waals surface area contributed by atoms with Gasteiger partial charge < -0.3 is 5.11 Å². The first-order chi connectivity index (χ1) is 13.8. The topological polar surface area (TPSA) is 125 Å². The minimum Gasteiger partial charge on any atom is -0.481 e. The Morgan fingerprint density at radius 3 is 1.23 bits per heavy atom. The molecule has 30 heavy (non-hydrogen) atoms. The van der Waals surface area contributed by atoms with Crippen molar-refractivity contribution in [3.63, 3.8) is 0 Å². The van der Waals surface area contributed by atoms with Crippen molar-refractivity contribution in [1.29, 1.82) is 0 Å². The van der Waals surface area contributed by atoms with Crippen LogP contribution in [0, 0.1) is 10.8 Å². The van der Waals surface area contributed by atoms with Crippen LogP contribution in [0.2, 0.25) is 0 Å². The smallest absolute Gasteiger partial charge is 0.338 e. The Labute approximate surface area is 175 Å². The number of nitrogens with zero attached hydrogens (tertiary/aromatic N) is 6. The van der Waals surface area contributed by atoms with Gasteiger partial charge in [0.25, 0.3) is 0 Å². The third-order valence-corrected chi connectivity index (χ3v) is 3.47. The number of carboxylic acid groups (broad SMARTS) is 1. The number of carbonyl (C=O) groups is 3. The molecule has 0 amide bonds. The molecule has 3 aromatic rings. The minimum atomic E-state index is -0.757. The Bertz CT molecular complexity index is 879. The number of aromatic nitrogens is 6. The van der Waals surface area contributed by atoms with Crippen LogP contribution < -0.4 is 0 Å². The number of carboxylic acids is 1. The summed E-state index contributed by atoms with van der Waals surface area (Å²) in [7, 11) is 0. The minimum absolute atomic E-state index is 0.0648. The van der Waals surface area contributed by atoms with Crippen molar-refractivity contribution in [3.8, 4) is 0 Å². The van der Waals surface area contributed by atoms with E-state index in [9.17, 15) is 14.4 Å². The van der Waals surface area contributed by atoms with Gasteiger partial charge in [0.1, 0.15) is 19.0 Å². The lowest BCUT2D eigenvalue weighted by molar-refractivity contribution is -0.145. The summed E-state index contributed by atoms with van der Waals surface area (Å²) in [6.07, 6.45) is 13.9. The monoisotopic (exact) mass is 416 g/mol. The van der Waals surface area contributed by atoms with Crippen LogP contribution in [0.15, 0.2) is 56.2 Å². The van der Waals surface area contributed by atoms with E-state index in [1.54, 1.807) is 58.0 Å². The van der Waals surface area contributed by atoms with E-state index >= 15 is 0 Å². The van der Waals surface area contributed by atoms with Gasteiger partial charge in [0.2, 0.25) is 5.91 Å². The fraction of sp³-hybridized carbons (Fsp3) is 0.400. The molecule has 3 aromatic heterocycles. The van der Waals surface area contributed by atoms with Crippen molar-refractivity contribution in [1.82, 2.24) is 28.7 Å². The molecule has 0 aromatic carbocycles. The molecule has 162 valence electrons. The molecule has 10 heteroatoms. The molecule has 0 saturated heterocycles. The predicted molar refractivity (Wildman–Crippen MR) is 110 cm³/mol. The molecule has 0 aliphatic heterocycles. The second kappa shape index (κ2) is 10.3. The fourth-order valence-electron chi connectivity index (χ4n) is 1.64. The van der Waals surface area contributed by atoms with E-state index in [0.717, 1.165) is 0 Å². The highest BCUT2D eigenvalue weighted by Crippen LogP contribution is 2.15. The van der Waals surface area contributed by atoms with Crippen LogP contribution in [-0.4, -0.2) is 51.7 Å². The molecular weight excluding hydrogens is 388 g/mol. The number of imidazole rings is 3. The predicted octanol–water partition coefficient (Wildman–Crippen LogP) is 3.28. The molecule has 0 radical (unpaired) electrons. The zero-order chi connectivity index (χ0) is 22.9. The lowest BCUT2D eigenvalue weighted by atomic mass is 9.96. The molecule has 10 nitrogen and oxygen atoms in total. The third kappa shape index (κ3) is 7.82. The number of hydrogen-bond acceptors (Lipinski definition) is 6. The first kappa shape index (κ1) is 24.5. The molecule has 0 aliphatic rings. The van der Waals surface area contributed by atoms with Gasteiger partial charge in [0.05, 0.1) is 5.41 Å². The Morgan fingerprint density at radius 2 is 1.00 bits per heavy atom. The third-order valence-electron chi connectivity index (χ3n) is 3.47. The van der Waals surface area contributed by atoms with Gasteiger partial charge >= 0.3 is 12.0 Å². The molecule has 3 rings (SSSR count). The second-order valence-electron chi connectivity index (χ2n) is 8.30. The highest BCUT2D eigenvalue weighted by atomic mass is 16.4. The van der Waals surface area contributed by atoms with Crippen molar-refractivity contribution in [2.75, 3.05) is 0 Å². The summed E-state index contributed by atoms with van der Waals surface area (Å²) in [6.45, 7) is 10.6. The molecule has 1 N–H and O–H groups in total. The Morgan fingerprint density at radius 1 is 0.667 bits per heavy atom. The maximum atomic E-state index is 11.5. The lowest BCUT2D eigenvalue weighted by Gasteiger charge is -2.15. The van der Waals surface area contributed by atoms with Crippen molar-refractivity contribution < 1.29 is 19.5 Å². The van der Waals surface area contributed by atoms with Crippen molar-refractivity contribution in [3.05, 3.63) is 56.2 Å². The zero-order valence-corrected chi connectivity index (χ0v) is 18.1. The van der Waals surface area contributed by atoms with E-state index in [-0.39, 0.29) is 17.4 Å². The van der Waals surface area contributed by atoms with Crippen molar-refractivity contribution in [2.24, 2.45) is 10.8 Å². The van der Waals surface area contributed by atoms with Gasteiger partial charge in [-0.25, -0.2) is 19.7 Å². The van der Waals surface area contributed by atoms with Crippen LogP contribution in [0.4, 0.5) is 4.79 Å². The Balaban J connectivity index is 0.000000234. The molecule has 0 atom stereocenters. The highest BCUT2D eigenvalue weighted by molar-refractivity contribution is 5.83. The Hall–Kier alpha value is -3.56. The van der Waals surface area contributed by atoms with Gasteiger partial charge in [0.15, 0.2) is 0 Å². The van der Waals surface area contributed by atoms with Crippen molar-refractivity contribution >= 4 is 17.9 Å². The molecule has 0 saturated carbocycles. The van der Waals surface area contributed by atoms with Gasteiger partial charge in [0, 0.05) is 42.6 Å². The molecular formula is C20H28N6O4. The number of hydrogen-bond donors (Lipinski definition) is 1. The number of aliphatic carboxylic acids is 1. The number of rotatable bonds is 0. The van der Waals surface area contributed by atoms with Crippen LogP contribution in [0.5, 0.6) is 0 Å². The summed E-state index contributed by atoms with van der Waals surface area (Å²) >= 11 is 0. The van der Waals surface area contributed by atoms with E-state index in [1.165, 1.54) is 32.7 Å². The van der Waals surface area contributed by atoms with E-state index < -0.39 is 11.4 Å². The van der Waals surface area contributed by atoms with Gasteiger partial charge in [-0.2, -0.15) is 0 Å². The van der Waals surface area contributed by atoms with Crippen LogP contribution in [0.25, 0.3) is 0 Å². The maximum absolute atomic E-state index is 11.5. The number of carbonyl (C=O) groups excluding carboxylic acids is 2. The van der Waals surface area contributed by atoms with E-state index in [2.05, 4.69) is 15.0 Å². The van der Waals surface area contributed by atoms with Crippen LogP contribution >= 0.6 is 0 Å². The molecule has 0 aliphatic carbocycles. The van der Waals surface area contributed by atoms with E-state index in [0.29, 0.717) is 0 Å². The average molecular weight is 416 g/mol. The van der Waals surface area contributed by atoms with Crippen LogP contribution in [0.3, 0.4) is 0 Å². The SMILES string of the molecule is CC(C)(C)C(=O)O.CC(C)(C)C(=O)n1ccnc1.O=C(n1ccnc1)n1ccnc1. The second-order valence-corrected chi connectivity index (χ2v) is 8.30. The first-order valence-electron chi connectivity index (χ1n) is 9.11. The summed E-state index contributed by atoms with van der Waals surface area (Å²) in [4.78, 5) is 44.2. The summed E-state index contributed by atoms with van der Waals surface area (Å²) in [5, 5.41) is 8.25. The zero-order valence-electron chi connectivity index (χ0n) is 18.1. The average Bonchev–Trinajstić information content (AvgIpc) is 3.44. The van der Waals surface area contributed by atoms with Gasteiger partial charge in [-0.15, -0.1) is 0 Å². The van der Waals surface area contributed by atoms with E-state index in [4.69, 9.17) is 5.11 Å². The largest absolute Gasteiger partial charge is 0.481 e. The first-order valence-corrected chi connectivity index (χ1v) is 9.11. The normalized spacial score (nSPS) is 10.9. The van der Waals surface area contributed by atoms with Crippen LogP contribution in [0.1, 0.15) is 46.3 Å². The molecule has 0 spiro atoms. The van der Waals surface area contributed by atoms with Crippen LogP contribution in [-0.2, 0) is 4.79 Å². The van der Waals surface area contributed by atoms with E-state index in [1.807, 2.05) is 20.8 Å². The summed E-state index contributed by atoms with van der Waals surface area (Å²) in [5.41, 5.74) is -0.916. The standard InChI is InChI=1S/C8H12N2O.C7H6N4O.C5H10O2/c1-8(2,3)7(11)10-5-4-9-6-10;12-7(10-3-1-8-5-10)11-4-2-9-6-11;1-5(2,3)4(6)7/h4-6H,1-3H3;1-6H;1-3H3,(H,6,7). The quantitative estimate of drug-likeness (QED) is 0.596.